The van der Waals surface area contributed by atoms with Crippen LogP contribution < -0.4 is 5.32 Å². The van der Waals surface area contributed by atoms with E-state index in [1.165, 1.54) is 29.7 Å². The molecule has 0 aliphatic heterocycles. The van der Waals surface area contributed by atoms with E-state index in [-0.39, 0.29) is 5.91 Å². The Hall–Kier alpha value is -2.47. The molecule has 5 nitrogen and oxygen atoms in total. The second kappa shape index (κ2) is 6.80. The number of nitrogens with one attached hydrogen (secondary N) is 1. The van der Waals surface area contributed by atoms with Crippen molar-refractivity contribution < 1.29 is 9.21 Å². The molecule has 1 fully saturated rings. The SMILES string of the molecule is Cc1ccc(-c2cnc(CCC(=O)Nc3nc(C4CC4)cs3)o2)cc1. The van der Waals surface area contributed by atoms with Gasteiger partial charge in [0.2, 0.25) is 5.91 Å². The van der Waals surface area contributed by atoms with Gasteiger partial charge >= 0.3 is 0 Å². The highest BCUT2D eigenvalue weighted by molar-refractivity contribution is 7.13. The Labute approximate surface area is 150 Å². The smallest absolute Gasteiger partial charge is 0.226 e. The third-order valence-corrected chi connectivity index (χ3v) is 5.00. The maximum absolute atomic E-state index is 12.1. The summed E-state index contributed by atoms with van der Waals surface area (Å²) in [5.41, 5.74) is 3.30. The fourth-order valence-corrected chi connectivity index (χ4v) is 3.40. The summed E-state index contributed by atoms with van der Waals surface area (Å²) in [6, 6.07) is 8.09. The molecule has 0 saturated heterocycles. The summed E-state index contributed by atoms with van der Waals surface area (Å²) in [4.78, 5) is 20.8. The monoisotopic (exact) mass is 353 g/mol. The van der Waals surface area contributed by atoms with Crippen molar-refractivity contribution in [3.05, 3.63) is 53.0 Å². The molecule has 25 heavy (non-hydrogen) atoms. The van der Waals surface area contributed by atoms with E-state index < -0.39 is 0 Å². The molecule has 0 atom stereocenters. The maximum Gasteiger partial charge on any atom is 0.226 e. The number of carbonyl (C=O) groups excluding carboxylic acids is 1. The molecule has 4 rings (SSSR count). The van der Waals surface area contributed by atoms with Gasteiger partial charge in [0.25, 0.3) is 0 Å². The van der Waals surface area contributed by atoms with Crippen LogP contribution in [0.3, 0.4) is 0 Å². The van der Waals surface area contributed by atoms with Crippen molar-refractivity contribution in [1.29, 1.82) is 0 Å². The first-order valence-corrected chi connectivity index (χ1v) is 9.32. The summed E-state index contributed by atoms with van der Waals surface area (Å²) in [5, 5.41) is 5.58. The van der Waals surface area contributed by atoms with Crippen LogP contribution in [0.5, 0.6) is 0 Å². The van der Waals surface area contributed by atoms with Gasteiger partial charge in [-0.2, -0.15) is 0 Å². The molecule has 128 valence electrons. The van der Waals surface area contributed by atoms with Gasteiger partial charge in [-0.05, 0) is 19.8 Å². The quantitative estimate of drug-likeness (QED) is 0.705. The molecule has 6 heteroatoms. The highest BCUT2D eigenvalue weighted by Gasteiger charge is 2.26. The summed E-state index contributed by atoms with van der Waals surface area (Å²) in [5.74, 6) is 1.84. The molecule has 0 spiro atoms. The van der Waals surface area contributed by atoms with Gasteiger partial charge in [-0.25, -0.2) is 9.97 Å². The molecule has 1 N–H and O–H groups in total. The van der Waals surface area contributed by atoms with Gasteiger partial charge in [0.15, 0.2) is 16.8 Å². The van der Waals surface area contributed by atoms with Crippen LogP contribution in [0.25, 0.3) is 11.3 Å². The lowest BCUT2D eigenvalue weighted by Gasteiger charge is -2.00. The van der Waals surface area contributed by atoms with Crippen molar-refractivity contribution in [1.82, 2.24) is 9.97 Å². The number of carbonyl (C=O) groups is 1. The lowest BCUT2D eigenvalue weighted by atomic mass is 10.1. The fourth-order valence-electron chi connectivity index (χ4n) is 2.59. The van der Waals surface area contributed by atoms with E-state index in [1.54, 1.807) is 6.20 Å². The molecule has 0 unspecified atom stereocenters. The molecule has 2 aromatic heterocycles. The standard InChI is InChI=1S/C19H19N3O2S/c1-12-2-4-14(5-3-12)16-10-20-18(24-16)9-8-17(23)22-19-21-15(11-25-19)13-6-7-13/h2-5,10-11,13H,6-9H2,1H3,(H,21,22,23). The Kier molecular flexibility index (Phi) is 4.36. The van der Waals surface area contributed by atoms with Gasteiger partial charge in [0, 0.05) is 29.7 Å². The Morgan fingerprint density at radius 2 is 2.12 bits per heavy atom. The predicted molar refractivity (Wildman–Crippen MR) is 97.7 cm³/mol. The molecule has 1 amide bonds. The predicted octanol–water partition coefficient (Wildman–Crippen LogP) is 4.56. The number of hydrogen-bond acceptors (Lipinski definition) is 5. The average Bonchev–Trinajstić information content (AvgIpc) is 3.17. The fraction of sp³-hybridized carbons (Fsp3) is 0.316. The molecule has 3 aromatic rings. The summed E-state index contributed by atoms with van der Waals surface area (Å²) < 4.78 is 5.75. The van der Waals surface area contributed by atoms with Gasteiger partial charge < -0.3 is 9.73 Å². The van der Waals surface area contributed by atoms with E-state index in [0.717, 1.165) is 17.0 Å². The summed E-state index contributed by atoms with van der Waals surface area (Å²) in [7, 11) is 0. The molecular formula is C19H19N3O2S. The zero-order valence-corrected chi connectivity index (χ0v) is 14.8. The average molecular weight is 353 g/mol. The van der Waals surface area contributed by atoms with Gasteiger partial charge in [-0.3, -0.25) is 4.79 Å². The molecule has 1 aliphatic carbocycles. The summed E-state index contributed by atoms with van der Waals surface area (Å²) in [6.45, 7) is 2.05. The van der Waals surface area contributed by atoms with E-state index >= 15 is 0 Å². The summed E-state index contributed by atoms with van der Waals surface area (Å²) in [6.07, 6.45) is 4.93. The Balaban J connectivity index is 1.31. The van der Waals surface area contributed by atoms with Crippen molar-refractivity contribution in [3.63, 3.8) is 0 Å². The molecule has 1 saturated carbocycles. The zero-order valence-electron chi connectivity index (χ0n) is 14.0. The molecule has 0 bridgehead atoms. The van der Waals surface area contributed by atoms with Crippen molar-refractivity contribution in [2.75, 3.05) is 5.32 Å². The van der Waals surface area contributed by atoms with E-state index in [1.807, 2.05) is 36.6 Å². The Morgan fingerprint density at radius 3 is 2.88 bits per heavy atom. The molecular weight excluding hydrogens is 334 g/mol. The van der Waals surface area contributed by atoms with Crippen molar-refractivity contribution >= 4 is 22.4 Å². The van der Waals surface area contributed by atoms with E-state index in [2.05, 4.69) is 15.3 Å². The third-order valence-electron chi connectivity index (χ3n) is 4.22. The number of aromatic nitrogens is 2. The van der Waals surface area contributed by atoms with Crippen LogP contribution in [0.1, 0.15) is 42.3 Å². The molecule has 1 aromatic carbocycles. The van der Waals surface area contributed by atoms with Crippen molar-refractivity contribution in [2.24, 2.45) is 0 Å². The lowest BCUT2D eigenvalue weighted by Crippen LogP contribution is -2.12. The summed E-state index contributed by atoms with van der Waals surface area (Å²) >= 11 is 1.49. The largest absolute Gasteiger partial charge is 0.441 e. The number of rotatable bonds is 6. The van der Waals surface area contributed by atoms with Gasteiger partial charge in [0.1, 0.15) is 0 Å². The highest BCUT2D eigenvalue weighted by atomic mass is 32.1. The first kappa shape index (κ1) is 16.0. The van der Waals surface area contributed by atoms with Crippen molar-refractivity contribution in [3.8, 4) is 11.3 Å². The van der Waals surface area contributed by atoms with Crippen LogP contribution in [0.15, 0.2) is 40.3 Å². The Morgan fingerprint density at radius 1 is 1.32 bits per heavy atom. The van der Waals surface area contributed by atoms with E-state index in [0.29, 0.717) is 29.8 Å². The molecule has 2 heterocycles. The minimum Gasteiger partial charge on any atom is -0.441 e. The molecule has 1 aliphatic rings. The van der Waals surface area contributed by atoms with E-state index in [9.17, 15) is 4.79 Å². The number of benzene rings is 1. The third kappa shape index (κ3) is 3.96. The van der Waals surface area contributed by atoms with Gasteiger partial charge in [0.05, 0.1) is 11.9 Å². The van der Waals surface area contributed by atoms with Gasteiger partial charge in [-0.15, -0.1) is 11.3 Å². The number of nitrogens with zero attached hydrogens (tertiary/aromatic N) is 2. The van der Waals surface area contributed by atoms with Crippen LogP contribution in [0, 0.1) is 6.92 Å². The lowest BCUT2D eigenvalue weighted by molar-refractivity contribution is -0.116. The van der Waals surface area contributed by atoms with Crippen LogP contribution >= 0.6 is 11.3 Å². The second-order valence-corrected chi connectivity index (χ2v) is 7.24. The molecule has 0 radical (unpaired) electrons. The minimum absolute atomic E-state index is 0.0632. The van der Waals surface area contributed by atoms with Crippen LogP contribution in [-0.2, 0) is 11.2 Å². The number of hydrogen-bond donors (Lipinski definition) is 1. The number of amides is 1. The maximum atomic E-state index is 12.1. The van der Waals surface area contributed by atoms with Crippen LogP contribution in [-0.4, -0.2) is 15.9 Å². The Bertz CT molecular complexity index is 878. The highest BCUT2D eigenvalue weighted by Crippen LogP contribution is 2.40. The first-order valence-electron chi connectivity index (χ1n) is 8.44. The van der Waals surface area contributed by atoms with Crippen LogP contribution in [0.2, 0.25) is 0 Å². The topological polar surface area (TPSA) is 68.0 Å². The minimum atomic E-state index is -0.0632. The van der Waals surface area contributed by atoms with Crippen molar-refractivity contribution in [2.45, 2.75) is 38.5 Å². The van der Waals surface area contributed by atoms with Crippen LogP contribution in [0.4, 0.5) is 5.13 Å². The number of aryl methyl sites for hydroxylation is 2. The number of thiazole rings is 1. The zero-order chi connectivity index (χ0) is 17.2. The van der Waals surface area contributed by atoms with E-state index in [4.69, 9.17) is 4.42 Å². The number of anilines is 1. The normalized spacial score (nSPS) is 13.8. The van der Waals surface area contributed by atoms with Gasteiger partial charge in [-0.1, -0.05) is 29.8 Å². The second-order valence-electron chi connectivity index (χ2n) is 6.38. The first-order chi connectivity index (χ1) is 12.2. The number of oxazole rings is 1.